The van der Waals surface area contributed by atoms with Gasteiger partial charge in [0.05, 0.1) is 0 Å². The van der Waals surface area contributed by atoms with Crippen LogP contribution in [0.2, 0.25) is 0 Å². The second-order valence-electron chi connectivity index (χ2n) is 7.94. The lowest BCUT2D eigenvalue weighted by molar-refractivity contribution is -0.0494. The lowest BCUT2D eigenvalue weighted by atomic mass is 9.94. The van der Waals surface area contributed by atoms with Crippen LogP contribution in [0.3, 0.4) is 0 Å². The maximum absolute atomic E-state index is 13.3. The summed E-state index contributed by atoms with van der Waals surface area (Å²) in [5, 5.41) is 0. The minimum Gasteiger partial charge on any atom is -0.338 e. The van der Waals surface area contributed by atoms with Gasteiger partial charge in [-0.3, -0.25) is 20.9 Å². The summed E-state index contributed by atoms with van der Waals surface area (Å²) in [4.78, 5) is 25.5. The highest BCUT2D eigenvalue weighted by Crippen LogP contribution is 2.31. The quantitative estimate of drug-likeness (QED) is 0.323. The molecule has 0 aliphatic carbocycles. The first kappa shape index (κ1) is 25.1. The number of nitrogens with one attached hydrogen (secondary N) is 1. The van der Waals surface area contributed by atoms with E-state index in [-0.39, 0.29) is 37.7 Å². The number of hydrogen-bond donors (Lipinski definition) is 2. The number of hydrogen-bond acceptors (Lipinski definition) is 4. The normalized spacial score (nSPS) is 14.7. The van der Waals surface area contributed by atoms with E-state index in [0.717, 1.165) is 23.0 Å². The molecule has 0 bridgehead atoms. The number of nitrogens with zero attached hydrogens (tertiary/aromatic N) is 1. The molecule has 0 unspecified atom stereocenters. The van der Waals surface area contributed by atoms with E-state index in [1.54, 1.807) is 55.6 Å². The SMILES string of the molecule is CNN.O=Cc1ccc(-c2ccc(C(=O)N3CCC(F)(F)CC3)cc2)cc1-c1ccc(F)cc1. The molecule has 8 heteroatoms. The average Bonchev–Trinajstić information content (AvgIpc) is 2.84. The predicted molar refractivity (Wildman–Crippen MR) is 126 cm³/mol. The van der Waals surface area contributed by atoms with Gasteiger partial charge in [0.25, 0.3) is 11.8 Å². The van der Waals surface area contributed by atoms with Gasteiger partial charge in [-0.1, -0.05) is 36.4 Å². The molecule has 3 N–H and O–H groups in total. The van der Waals surface area contributed by atoms with Crippen molar-refractivity contribution in [1.82, 2.24) is 10.3 Å². The maximum atomic E-state index is 13.3. The van der Waals surface area contributed by atoms with Crippen LogP contribution in [-0.4, -0.2) is 43.2 Å². The van der Waals surface area contributed by atoms with Crippen LogP contribution in [0.25, 0.3) is 22.3 Å². The molecule has 0 atom stereocenters. The molecule has 1 fully saturated rings. The number of likely N-dealkylation sites (tertiary alicyclic amines) is 1. The average molecular weight is 470 g/mol. The van der Waals surface area contributed by atoms with E-state index in [0.29, 0.717) is 16.7 Å². The first-order valence-corrected chi connectivity index (χ1v) is 10.8. The Kier molecular flexibility index (Phi) is 8.20. The number of piperidine rings is 1. The van der Waals surface area contributed by atoms with Crippen molar-refractivity contribution in [3.8, 4) is 22.3 Å². The van der Waals surface area contributed by atoms with Crippen molar-refractivity contribution in [3.05, 3.63) is 83.7 Å². The molecule has 0 aromatic heterocycles. The molecular weight excluding hydrogens is 443 g/mol. The molecule has 5 nitrogen and oxygen atoms in total. The third kappa shape index (κ3) is 6.09. The van der Waals surface area contributed by atoms with Crippen LogP contribution < -0.4 is 11.3 Å². The summed E-state index contributed by atoms with van der Waals surface area (Å²) < 4.78 is 39.9. The van der Waals surface area contributed by atoms with Gasteiger partial charge in [-0.05, 0) is 59.6 Å². The van der Waals surface area contributed by atoms with Gasteiger partial charge in [-0.2, -0.15) is 0 Å². The van der Waals surface area contributed by atoms with Crippen LogP contribution in [0, 0.1) is 5.82 Å². The highest BCUT2D eigenvalue weighted by Gasteiger charge is 2.35. The summed E-state index contributed by atoms with van der Waals surface area (Å²) in [6.07, 6.45) is 0.129. The second kappa shape index (κ2) is 11.1. The third-order valence-corrected chi connectivity index (χ3v) is 5.58. The molecule has 3 aromatic carbocycles. The fourth-order valence-electron chi connectivity index (χ4n) is 3.74. The van der Waals surface area contributed by atoms with Crippen LogP contribution >= 0.6 is 0 Å². The molecule has 3 aromatic rings. The summed E-state index contributed by atoms with van der Waals surface area (Å²) in [6.45, 7) is 0.0868. The standard InChI is InChI=1S/C25H20F3NO2.CH6N2/c26-22-9-7-18(8-10-22)23-15-20(5-6-21(23)16-30)17-1-3-19(4-2-17)24(31)29-13-11-25(27,28)12-14-29;1-3-2/h1-10,15-16H,11-14H2;3H,2H2,1H3. The summed E-state index contributed by atoms with van der Waals surface area (Å²) >= 11 is 0. The number of aldehydes is 1. The van der Waals surface area contributed by atoms with Gasteiger partial charge in [-0.25, -0.2) is 13.2 Å². The van der Waals surface area contributed by atoms with Crippen molar-refractivity contribution < 1.29 is 22.8 Å². The van der Waals surface area contributed by atoms with Crippen LogP contribution in [0.4, 0.5) is 13.2 Å². The van der Waals surface area contributed by atoms with Gasteiger partial charge in [-0.15, -0.1) is 0 Å². The first-order chi connectivity index (χ1) is 16.3. The highest BCUT2D eigenvalue weighted by molar-refractivity contribution is 5.95. The first-order valence-electron chi connectivity index (χ1n) is 10.8. The minimum absolute atomic E-state index is 0.0434. The summed E-state index contributed by atoms with van der Waals surface area (Å²) in [6, 6.07) is 18.2. The van der Waals surface area contributed by atoms with E-state index in [9.17, 15) is 22.8 Å². The van der Waals surface area contributed by atoms with E-state index >= 15 is 0 Å². The fraction of sp³-hybridized carbons (Fsp3) is 0.231. The van der Waals surface area contributed by atoms with Crippen molar-refractivity contribution in [2.45, 2.75) is 18.8 Å². The molecule has 1 aliphatic heterocycles. The molecule has 1 heterocycles. The van der Waals surface area contributed by atoms with Crippen molar-refractivity contribution >= 4 is 12.2 Å². The maximum Gasteiger partial charge on any atom is 0.253 e. The van der Waals surface area contributed by atoms with Crippen molar-refractivity contribution in [2.24, 2.45) is 5.84 Å². The Morgan fingerprint density at radius 3 is 2.03 bits per heavy atom. The van der Waals surface area contributed by atoms with Crippen molar-refractivity contribution in [1.29, 1.82) is 0 Å². The number of carbonyl (C=O) groups is 2. The molecule has 1 aliphatic rings. The number of nitrogens with two attached hydrogens (primary N) is 1. The highest BCUT2D eigenvalue weighted by atomic mass is 19.3. The van der Waals surface area contributed by atoms with E-state index < -0.39 is 5.92 Å². The zero-order valence-electron chi connectivity index (χ0n) is 18.7. The lowest BCUT2D eigenvalue weighted by Gasteiger charge is -2.31. The van der Waals surface area contributed by atoms with Crippen LogP contribution in [-0.2, 0) is 0 Å². The Morgan fingerprint density at radius 1 is 0.941 bits per heavy atom. The summed E-state index contributed by atoms with van der Waals surface area (Å²) in [5.41, 5.74) is 6.26. The summed E-state index contributed by atoms with van der Waals surface area (Å²) in [7, 11) is 1.65. The largest absolute Gasteiger partial charge is 0.338 e. The lowest BCUT2D eigenvalue weighted by Crippen LogP contribution is -2.42. The number of alkyl halides is 2. The van der Waals surface area contributed by atoms with Crippen LogP contribution in [0.5, 0.6) is 0 Å². The molecular formula is C26H26F3N3O2. The molecule has 0 radical (unpaired) electrons. The summed E-state index contributed by atoms with van der Waals surface area (Å²) in [5.74, 6) is 1.28. The zero-order chi connectivity index (χ0) is 24.7. The number of benzene rings is 3. The molecule has 1 amide bonds. The van der Waals surface area contributed by atoms with Gasteiger partial charge in [0.1, 0.15) is 5.82 Å². The monoisotopic (exact) mass is 469 g/mol. The molecule has 1 saturated heterocycles. The Hall–Kier alpha value is -3.49. The Bertz CT molecular complexity index is 1120. The third-order valence-electron chi connectivity index (χ3n) is 5.58. The molecule has 0 spiro atoms. The Morgan fingerprint density at radius 2 is 1.47 bits per heavy atom. The van der Waals surface area contributed by atoms with Gasteiger partial charge in [0.2, 0.25) is 0 Å². The molecule has 34 heavy (non-hydrogen) atoms. The predicted octanol–water partition coefficient (Wildman–Crippen LogP) is 4.92. The number of rotatable bonds is 4. The molecule has 0 saturated carbocycles. The van der Waals surface area contributed by atoms with Crippen LogP contribution in [0.1, 0.15) is 33.6 Å². The number of hydrazine groups is 1. The van der Waals surface area contributed by atoms with E-state index in [1.807, 2.05) is 6.07 Å². The molecule has 178 valence electrons. The van der Waals surface area contributed by atoms with Gasteiger partial charge in [0.15, 0.2) is 6.29 Å². The zero-order valence-corrected chi connectivity index (χ0v) is 18.7. The Labute approximate surface area is 196 Å². The van der Waals surface area contributed by atoms with Gasteiger partial charge >= 0.3 is 0 Å². The fourth-order valence-corrected chi connectivity index (χ4v) is 3.74. The van der Waals surface area contributed by atoms with E-state index in [2.05, 4.69) is 11.3 Å². The van der Waals surface area contributed by atoms with E-state index in [1.165, 1.54) is 17.0 Å². The van der Waals surface area contributed by atoms with Crippen molar-refractivity contribution in [2.75, 3.05) is 20.1 Å². The van der Waals surface area contributed by atoms with Gasteiger partial charge in [0, 0.05) is 37.1 Å². The number of halogens is 3. The van der Waals surface area contributed by atoms with Crippen molar-refractivity contribution in [3.63, 3.8) is 0 Å². The Balaban J connectivity index is 0.00000103. The van der Waals surface area contributed by atoms with Crippen LogP contribution in [0.15, 0.2) is 66.7 Å². The van der Waals surface area contributed by atoms with E-state index in [4.69, 9.17) is 0 Å². The number of amides is 1. The second-order valence-corrected chi connectivity index (χ2v) is 7.94. The topological polar surface area (TPSA) is 75.4 Å². The smallest absolute Gasteiger partial charge is 0.253 e. The van der Waals surface area contributed by atoms with Gasteiger partial charge < -0.3 is 4.90 Å². The minimum atomic E-state index is -2.70. The molecule has 4 rings (SSSR count). The number of carbonyl (C=O) groups excluding carboxylic acids is 2.